The summed E-state index contributed by atoms with van der Waals surface area (Å²) in [5, 5.41) is 15.0. The second-order valence-corrected chi connectivity index (χ2v) is 6.68. The van der Waals surface area contributed by atoms with Crippen LogP contribution in [0, 0.1) is 0 Å². The highest BCUT2D eigenvalue weighted by atomic mass is 79.9. The number of methoxy groups -OCH3 is 1. The van der Waals surface area contributed by atoms with Gasteiger partial charge in [0, 0.05) is 10.2 Å². The van der Waals surface area contributed by atoms with Gasteiger partial charge in [0.15, 0.2) is 10.9 Å². The Labute approximate surface area is 162 Å². The van der Waals surface area contributed by atoms with E-state index in [9.17, 15) is 9.90 Å². The van der Waals surface area contributed by atoms with Crippen LogP contribution in [0.2, 0.25) is 10.0 Å². The Bertz CT molecular complexity index is 794. The fourth-order valence-corrected chi connectivity index (χ4v) is 2.89. The number of aromatic hydroxyl groups is 1. The molecule has 0 heterocycles. The predicted molar refractivity (Wildman–Crippen MR) is 103 cm³/mol. The molecule has 24 heavy (non-hydrogen) atoms. The Morgan fingerprint density at radius 2 is 1.88 bits per heavy atom. The van der Waals surface area contributed by atoms with Gasteiger partial charge in [-0.05, 0) is 42.5 Å². The molecule has 0 bridgehead atoms. The van der Waals surface area contributed by atoms with Crippen LogP contribution in [0.3, 0.4) is 0 Å². The predicted octanol–water partition coefficient (Wildman–Crippen LogP) is 4.60. The summed E-state index contributed by atoms with van der Waals surface area (Å²) >= 11 is 20.1. The number of carbonyl (C=O) groups is 1. The Balaban J connectivity index is 2.13. The van der Waals surface area contributed by atoms with Crippen LogP contribution in [0.4, 0.5) is 5.69 Å². The topological polar surface area (TPSA) is 70.6 Å². The van der Waals surface area contributed by atoms with Gasteiger partial charge < -0.3 is 15.2 Å². The van der Waals surface area contributed by atoms with E-state index in [-0.39, 0.29) is 20.9 Å². The van der Waals surface area contributed by atoms with Crippen molar-refractivity contribution in [3.05, 3.63) is 50.4 Å². The number of thiocarbonyl (C=S) groups is 1. The van der Waals surface area contributed by atoms with Crippen LogP contribution < -0.4 is 15.4 Å². The van der Waals surface area contributed by atoms with Crippen LogP contribution in [-0.4, -0.2) is 23.2 Å². The van der Waals surface area contributed by atoms with Crippen LogP contribution in [0.1, 0.15) is 10.4 Å². The lowest BCUT2D eigenvalue weighted by Crippen LogP contribution is -2.34. The van der Waals surface area contributed by atoms with Crippen molar-refractivity contribution >= 4 is 68.1 Å². The molecule has 0 fully saturated rings. The van der Waals surface area contributed by atoms with Crippen LogP contribution in [0.5, 0.6) is 11.5 Å². The Kier molecular flexibility index (Phi) is 6.28. The molecule has 9 heteroatoms. The van der Waals surface area contributed by atoms with E-state index in [2.05, 4.69) is 26.6 Å². The molecule has 126 valence electrons. The summed E-state index contributed by atoms with van der Waals surface area (Å²) < 4.78 is 5.88. The number of amides is 1. The van der Waals surface area contributed by atoms with Crippen LogP contribution in [0.25, 0.3) is 0 Å². The van der Waals surface area contributed by atoms with Gasteiger partial charge in [-0.3, -0.25) is 10.1 Å². The van der Waals surface area contributed by atoms with E-state index in [1.165, 1.54) is 19.2 Å². The Morgan fingerprint density at radius 3 is 2.46 bits per heavy atom. The van der Waals surface area contributed by atoms with E-state index in [0.717, 1.165) is 4.47 Å². The molecule has 0 aliphatic heterocycles. The molecule has 0 spiro atoms. The fraction of sp³-hybridized carbons (Fsp3) is 0.0667. The number of nitrogens with one attached hydrogen (secondary N) is 2. The molecule has 2 aromatic rings. The Hall–Kier alpha value is -1.54. The number of benzene rings is 2. The summed E-state index contributed by atoms with van der Waals surface area (Å²) in [7, 11) is 1.47. The van der Waals surface area contributed by atoms with Gasteiger partial charge in [0.05, 0.1) is 22.7 Å². The highest BCUT2D eigenvalue weighted by Crippen LogP contribution is 2.34. The SMILES string of the molecule is COc1ccc(Br)cc1C(=O)NC(=S)Nc1cc(Cl)c(O)c(Cl)c1. The van der Waals surface area contributed by atoms with Crippen molar-refractivity contribution in [3.63, 3.8) is 0 Å². The lowest BCUT2D eigenvalue weighted by atomic mass is 10.2. The molecule has 0 saturated heterocycles. The minimum absolute atomic E-state index is 0.0415. The third kappa shape index (κ3) is 4.51. The van der Waals surface area contributed by atoms with Crippen molar-refractivity contribution in [1.82, 2.24) is 5.32 Å². The third-order valence-electron chi connectivity index (χ3n) is 2.91. The van der Waals surface area contributed by atoms with Gasteiger partial charge in [0.1, 0.15) is 5.75 Å². The molecule has 0 aromatic heterocycles. The number of carbonyl (C=O) groups excluding carboxylic acids is 1. The minimum Gasteiger partial charge on any atom is -0.505 e. The van der Waals surface area contributed by atoms with Crippen LogP contribution in [-0.2, 0) is 0 Å². The van der Waals surface area contributed by atoms with Crippen molar-refractivity contribution in [2.45, 2.75) is 0 Å². The first-order valence-electron chi connectivity index (χ1n) is 6.45. The molecular weight excluding hydrogens is 439 g/mol. The smallest absolute Gasteiger partial charge is 0.261 e. The molecule has 0 saturated carbocycles. The highest BCUT2D eigenvalue weighted by Gasteiger charge is 2.15. The lowest BCUT2D eigenvalue weighted by Gasteiger charge is -2.13. The van der Waals surface area contributed by atoms with Crippen molar-refractivity contribution in [3.8, 4) is 11.5 Å². The largest absolute Gasteiger partial charge is 0.505 e. The molecule has 0 aliphatic rings. The minimum atomic E-state index is -0.443. The summed E-state index contributed by atoms with van der Waals surface area (Å²) in [6.45, 7) is 0. The van der Waals surface area contributed by atoms with Crippen LogP contribution in [0.15, 0.2) is 34.8 Å². The van der Waals surface area contributed by atoms with Gasteiger partial charge in [-0.15, -0.1) is 0 Å². The van der Waals surface area contributed by atoms with Gasteiger partial charge in [0.25, 0.3) is 5.91 Å². The average molecular weight is 450 g/mol. The van der Waals surface area contributed by atoms with Gasteiger partial charge in [-0.1, -0.05) is 39.1 Å². The lowest BCUT2D eigenvalue weighted by molar-refractivity contribution is 0.0974. The number of halogens is 3. The third-order valence-corrected chi connectivity index (χ3v) is 4.18. The summed E-state index contributed by atoms with van der Waals surface area (Å²) in [5.74, 6) is -0.256. The summed E-state index contributed by atoms with van der Waals surface area (Å²) in [4.78, 5) is 12.3. The standard InChI is InChI=1S/C15H11BrCl2N2O3S/c1-23-12-3-2-7(16)4-9(12)14(22)20-15(24)19-8-5-10(17)13(21)11(18)6-8/h2-6,21H,1H3,(H2,19,20,22,24). The number of rotatable bonds is 3. The van der Waals surface area contributed by atoms with E-state index in [4.69, 9.17) is 40.2 Å². The van der Waals surface area contributed by atoms with E-state index >= 15 is 0 Å². The number of hydrogen-bond acceptors (Lipinski definition) is 4. The first-order valence-corrected chi connectivity index (χ1v) is 8.41. The van der Waals surface area contributed by atoms with E-state index in [1.807, 2.05) is 0 Å². The molecule has 0 radical (unpaired) electrons. The van der Waals surface area contributed by atoms with Gasteiger partial charge in [-0.2, -0.15) is 0 Å². The molecule has 0 unspecified atom stereocenters. The molecular formula is C15H11BrCl2N2O3S. The van der Waals surface area contributed by atoms with Crippen molar-refractivity contribution < 1.29 is 14.6 Å². The van der Waals surface area contributed by atoms with Gasteiger partial charge in [0.2, 0.25) is 0 Å². The maximum absolute atomic E-state index is 12.3. The zero-order valence-electron chi connectivity index (χ0n) is 12.2. The maximum atomic E-state index is 12.3. The zero-order valence-corrected chi connectivity index (χ0v) is 16.1. The number of anilines is 1. The molecule has 1 amide bonds. The molecule has 3 N–H and O–H groups in total. The summed E-state index contributed by atoms with van der Waals surface area (Å²) in [6, 6.07) is 7.90. The highest BCUT2D eigenvalue weighted by molar-refractivity contribution is 9.10. The van der Waals surface area contributed by atoms with Crippen molar-refractivity contribution in [1.29, 1.82) is 0 Å². The fourth-order valence-electron chi connectivity index (χ4n) is 1.83. The maximum Gasteiger partial charge on any atom is 0.261 e. The van der Waals surface area contributed by atoms with Crippen LogP contribution >= 0.6 is 51.3 Å². The number of ether oxygens (including phenoxy) is 1. The Morgan fingerprint density at radius 1 is 1.25 bits per heavy atom. The van der Waals surface area contributed by atoms with Crippen molar-refractivity contribution in [2.24, 2.45) is 0 Å². The van der Waals surface area contributed by atoms with E-state index in [1.54, 1.807) is 18.2 Å². The molecule has 2 rings (SSSR count). The second kappa shape index (κ2) is 8.02. The summed E-state index contributed by atoms with van der Waals surface area (Å²) in [5.41, 5.74) is 0.743. The summed E-state index contributed by atoms with van der Waals surface area (Å²) in [6.07, 6.45) is 0. The quantitative estimate of drug-likeness (QED) is 0.472. The first-order chi connectivity index (χ1) is 11.3. The van der Waals surface area contributed by atoms with Crippen molar-refractivity contribution in [2.75, 3.05) is 12.4 Å². The average Bonchev–Trinajstić information content (AvgIpc) is 2.52. The monoisotopic (exact) mass is 448 g/mol. The van der Waals surface area contributed by atoms with Gasteiger partial charge >= 0.3 is 0 Å². The second-order valence-electron chi connectivity index (χ2n) is 4.54. The number of phenolic OH excluding ortho intramolecular Hbond substituents is 1. The molecule has 0 aliphatic carbocycles. The first kappa shape index (κ1) is 18.8. The van der Waals surface area contributed by atoms with Gasteiger partial charge in [-0.25, -0.2) is 0 Å². The number of phenols is 1. The molecule has 5 nitrogen and oxygen atoms in total. The zero-order chi connectivity index (χ0) is 17.9. The van der Waals surface area contributed by atoms with E-state index < -0.39 is 5.91 Å². The van der Waals surface area contributed by atoms with E-state index in [0.29, 0.717) is 17.0 Å². The molecule has 2 aromatic carbocycles. The number of hydrogen-bond donors (Lipinski definition) is 3. The molecule has 0 atom stereocenters. The normalized spacial score (nSPS) is 10.2.